The maximum atomic E-state index is 6.68. The molecule has 0 unspecified atom stereocenters. The first-order valence-corrected chi connectivity index (χ1v) is 11.3. The third kappa shape index (κ3) is 3.31. The maximum Gasteiger partial charge on any atom is 0.216 e. The van der Waals surface area contributed by atoms with Crippen LogP contribution in [0.5, 0.6) is 0 Å². The van der Waals surface area contributed by atoms with Gasteiger partial charge in [0.25, 0.3) is 0 Å². The molecule has 0 radical (unpaired) electrons. The average Bonchev–Trinajstić information content (AvgIpc) is 3.14. The first-order chi connectivity index (χ1) is 15.2. The summed E-state index contributed by atoms with van der Waals surface area (Å²) < 4.78 is 8.86. The van der Waals surface area contributed by atoms with Gasteiger partial charge in [0.1, 0.15) is 18.2 Å². The Morgan fingerprint density at radius 2 is 1.50 bits per heavy atom. The van der Waals surface area contributed by atoms with Crippen LogP contribution >= 0.6 is 0 Å². The molecule has 0 aliphatic rings. The van der Waals surface area contributed by atoms with Crippen LogP contribution in [0.3, 0.4) is 0 Å². The van der Waals surface area contributed by atoms with Crippen LogP contribution in [0.25, 0.3) is 44.3 Å². The Balaban J connectivity index is 1.77. The summed E-state index contributed by atoms with van der Waals surface area (Å²) in [6.45, 7) is 11.0. The number of hydrogen-bond acceptors (Lipinski definition) is 1. The van der Waals surface area contributed by atoms with Gasteiger partial charge in [0.15, 0.2) is 6.20 Å². The molecule has 0 N–H and O–H groups in total. The number of benzene rings is 3. The minimum absolute atomic E-state index is 0.139. The number of aryl methyl sites for hydroxylation is 3. The number of nitrogens with zero attached hydrogens (tertiary/aromatic N) is 1. The Labute approximate surface area is 190 Å². The highest BCUT2D eigenvalue weighted by molar-refractivity contribution is 6.13. The first kappa shape index (κ1) is 20.5. The molecule has 0 fully saturated rings. The number of furan rings is 1. The van der Waals surface area contributed by atoms with Gasteiger partial charge in [-0.25, -0.2) is 4.57 Å². The summed E-state index contributed by atoms with van der Waals surface area (Å²) in [6.07, 6.45) is 2.12. The van der Waals surface area contributed by atoms with Crippen molar-refractivity contribution in [3.05, 3.63) is 89.6 Å². The van der Waals surface area contributed by atoms with Crippen molar-refractivity contribution in [2.45, 2.75) is 40.0 Å². The normalized spacial score (nSPS) is 12.1. The minimum atomic E-state index is 0.139. The minimum Gasteiger partial charge on any atom is -0.454 e. The molecular weight excluding hydrogens is 390 g/mol. The molecule has 0 saturated carbocycles. The molecule has 3 aromatic carbocycles. The molecule has 0 aliphatic carbocycles. The summed E-state index contributed by atoms with van der Waals surface area (Å²) in [6, 6.07) is 24.2. The maximum absolute atomic E-state index is 6.68. The molecule has 32 heavy (non-hydrogen) atoms. The van der Waals surface area contributed by atoms with Gasteiger partial charge in [-0.3, -0.25) is 0 Å². The zero-order valence-electron chi connectivity index (χ0n) is 19.8. The van der Waals surface area contributed by atoms with Gasteiger partial charge in [-0.1, -0.05) is 75.4 Å². The first-order valence-electron chi connectivity index (χ1n) is 11.3. The van der Waals surface area contributed by atoms with Crippen molar-refractivity contribution in [2.24, 2.45) is 7.05 Å². The number of hydrogen-bond donors (Lipinski definition) is 0. The zero-order valence-corrected chi connectivity index (χ0v) is 19.8. The molecule has 5 aromatic rings. The van der Waals surface area contributed by atoms with Gasteiger partial charge in [0.05, 0.1) is 5.56 Å². The van der Waals surface area contributed by atoms with Crippen LogP contribution in [0.1, 0.15) is 37.5 Å². The molecular formula is C30H30NO+. The van der Waals surface area contributed by atoms with Crippen molar-refractivity contribution in [1.82, 2.24) is 0 Å². The van der Waals surface area contributed by atoms with Crippen molar-refractivity contribution in [3.63, 3.8) is 0 Å². The quantitative estimate of drug-likeness (QED) is 0.268. The summed E-state index contributed by atoms with van der Waals surface area (Å²) in [4.78, 5) is 0. The molecule has 0 spiro atoms. The molecule has 160 valence electrons. The van der Waals surface area contributed by atoms with E-state index in [1.807, 2.05) is 0 Å². The van der Waals surface area contributed by atoms with Crippen LogP contribution in [-0.2, 0) is 12.5 Å². The van der Waals surface area contributed by atoms with Crippen molar-refractivity contribution < 1.29 is 8.98 Å². The third-order valence-corrected chi connectivity index (χ3v) is 6.50. The Bertz CT molecular complexity index is 1460. The van der Waals surface area contributed by atoms with Crippen molar-refractivity contribution in [1.29, 1.82) is 0 Å². The Hall–Kier alpha value is -3.39. The third-order valence-electron chi connectivity index (χ3n) is 6.50. The highest BCUT2D eigenvalue weighted by Gasteiger charge is 2.22. The van der Waals surface area contributed by atoms with Gasteiger partial charge in [0, 0.05) is 28.5 Å². The van der Waals surface area contributed by atoms with Crippen molar-refractivity contribution >= 4 is 21.9 Å². The topological polar surface area (TPSA) is 17.0 Å². The number of fused-ring (bicyclic) bond motifs is 3. The lowest BCUT2D eigenvalue weighted by Gasteiger charge is -2.19. The SMILES string of the molecule is Cc1cc[n+](C)c(-c2c(C)ccc3c2oc2c(-c4ccc(C(C)(C)C)cc4)cccc23)c1. The number of pyridine rings is 1. The van der Waals surface area contributed by atoms with Gasteiger partial charge in [-0.2, -0.15) is 0 Å². The highest BCUT2D eigenvalue weighted by Crippen LogP contribution is 2.40. The van der Waals surface area contributed by atoms with Gasteiger partial charge in [-0.15, -0.1) is 0 Å². The van der Waals surface area contributed by atoms with Crippen molar-refractivity contribution in [3.8, 4) is 22.4 Å². The lowest BCUT2D eigenvalue weighted by Crippen LogP contribution is -2.30. The lowest BCUT2D eigenvalue weighted by atomic mass is 9.86. The van der Waals surface area contributed by atoms with Crippen molar-refractivity contribution in [2.75, 3.05) is 0 Å². The van der Waals surface area contributed by atoms with Crippen LogP contribution in [0, 0.1) is 13.8 Å². The molecule has 0 aliphatic heterocycles. The molecule has 0 amide bonds. The van der Waals surface area contributed by atoms with E-state index >= 15 is 0 Å². The predicted octanol–water partition coefficient (Wildman–Crippen LogP) is 7.66. The van der Waals surface area contributed by atoms with Gasteiger partial charge in [-0.05, 0) is 41.5 Å². The van der Waals surface area contributed by atoms with Crippen LogP contribution in [-0.4, -0.2) is 0 Å². The molecule has 0 atom stereocenters. The largest absolute Gasteiger partial charge is 0.454 e. The highest BCUT2D eigenvalue weighted by atomic mass is 16.3. The van der Waals surface area contributed by atoms with E-state index in [0.29, 0.717) is 0 Å². The fraction of sp³-hybridized carbons (Fsp3) is 0.233. The second kappa shape index (κ2) is 7.34. The molecule has 2 heterocycles. The predicted molar refractivity (Wildman–Crippen MR) is 134 cm³/mol. The molecule has 2 heteroatoms. The molecule has 2 aromatic heterocycles. The van der Waals surface area contributed by atoms with E-state index in [9.17, 15) is 0 Å². The summed E-state index contributed by atoms with van der Waals surface area (Å²) in [7, 11) is 2.10. The summed E-state index contributed by atoms with van der Waals surface area (Å²) in [5.74, 6) is 0. The second-order valence-electron chi connectivity index (χ2n) is 9.95. The van der Waals surface area contributed by atoms with Gasteiger partial charge >= 0.3 is 0 Å². The Morgan fingerprint density at radius 1 is 0.781 bits per heavy atom. The monoisotopic (exact) mass is 420 g/mol. The number of para-hydroxylation sites is 1. The van der Waals surface area contributed by atoms with E-state index in [1.54, 1.807) is 0 Å². The van der Waals surface area contributed by atoms with E-state index in [4.69, 9.17) is 4.42 Å². The van der Waals surface area contributed by atoms with E-state index < -0.39 is 0 Å². The summed E-state index contributed by atoms with van der Waals surface area (Å²) in [5, 5.41) is 2.32. The smallest absolute Gasteiger partial charge is 0.216 e. The lowest BCUT2D eigenvalue weighted by molar-refractivity contribution is -0.660. The molecule has 2 nitrogen and oxygen atoms in total. The van der Waals surface area contributed by atoms with Gasteiger partial charge in [0.2, 0.25) is 5.69 Å². The van der Waals surface area contributed by atoms with E-state index in [-0.39, 0.29) is 5.41 Å². The second-order valence-corrected chi connectivity index (χ2v) is 9.95. The standard InChI is InChI=1S/C30H30NO/c1-19-16-17-31(6)26(18-19)27-20(2)10-15-25-24-9-7-8-23(28(24)32-29(25)27)21-11-13-22(14-12-21)30(3,4)5/h7-18H,1-6H3/q+1. The number of rotatable bonds is 2. The van der Waals surface area contributed by atoms with Crippen LogP contribution < -0.4 is 4.57 Å². The fourth-order valence-electron chi connectivity index (χ4n) is 4.58. The Kier molecular flexibility index (Phi) is 4.70. The molecule has 0 saturated heterocycles. The van der Waals surface area contributed by atoms with E-state index in [2.05, 4.69) is 119 Å². The summed E-state index contributed by atoms with van der Waals surface area (Å²) >= 11 is 0. The van der Waals surface area contributed by atoms with E-state index in [0.717, 1.165) is 27.5 Å². The Morgan fingerprint density at radius 3 is 2.22 bits per heavy atom. The zero-order chi connectivity index (χ0) is 22.6. The summed E-state index contributed by atoms with van der Waals surface area (Å²) in [5.41, 5.74) is 10.5. The molecule has 5 rings (SSSR count). The number of aromatic nitrogens is 1. The van der Waals surface area contributed by atoms with Crippen LogP contribution in [0.15, 0.2) is 77.3 Å². The van der Waals surface area contributed by atoms with E-state index in [1.165, 1.54) is 33.5 Å². The average molecular weight is 421 g/mol. The van der Waals surface area contributed by atoms with Crippen LogP contribution in [0.2, 0.25) is 0 Å². The van der Waals surface area contributed by atoms with Crippen LogP contribution in [0.4, 0.5) is 0 Å². The fourth-order valence-corrected chi connectivity index (χ4v) is 4.58. The van der Waals surface area contributed by atoms with Gasteiger partial charge < -0.3 is 4.42 Å². The molecule has 0 bridgehead atoms.